The van der Waals surface area contributed by atoms with Gasteiger partial charge in [0.1, 0.15) is 0 Å². The average molecular weight is 177 g/mol. The molecule has 0 radical (unpaired) electrons. The van der Waals surface area contributed by atoms with E-state index in [4.69, 9.17) is 11.6 Å². The molecule has 10 heavy (non-hydrogen) atoms. The zero-order chi connectivity index (χ0) is 7.61. The molecule has 1 atom stereocenters. The van der Waals surface area contributed by atoms with Gasteiger partial charge in [-0.25, -0.2) is 0 Å². The van der Waals surface area contributed by atoms with Crippen molar-refractivity contribution in [1.82, 2.24) is 0 Å². The Morgan fingerprint density at radius 3 is 2.90 bits per heavy atom. The van der Waals surface area contributed by atoms with E-state index in [2.05, 4.69) is 0 Å². The van der Waals surface area contributed by atoms with Crippen LogP contribution in [0.5, 0.6) is 0 Å². The Morgan fingerprint density at radius 1 is 1.80 bits per heavy atom. The molecule has 0 aliphatic heterocycles. The highest BCUT2D eigenvalue weighted by Gasteiger charge is 2.23. The van der Waals surface area contributed by atoms with Crippen LogP contribution >= 0.6 is 22.9 Å². The van der Waals surface area contributed by atoms with Gasteiger partial charge in [0.25, 0.3) is 0 Å². The quantitative estimate of drug-likeness (QED) is 0.687. The minimum Gasteiger partial charge on any atom is -0.370 e. The molecule has 0 saturated carbocycles. The summed E-state index contributed by atoms with van der Waals surface area (Å²) in [6, 6.07) is 3.71. The Hall–Kier alpha value is -0.0500. The normalized spacial score (nSPS) is 16.7. The number of hydrogen-bond acceptors (Lipinski definition) is 2. The molecule has 0 aliphatic rings. The van der Waals surface area contributed by atoms with Gasteiger partial charge < -0.3 is 5.11 Å². The maximum absolute atomic E-state index is 9.46. The molecule has 0 aromatic carbocycles. The number of aliphatic hydroxyl groups is 1. The van der Waals surface area contributed by atoms with Crippen LogP contribution < -0.4 is 0 Å². The average Bonchev–Trinajstić information content (AvgIpc) is 2.38. The van der Waals surface area contributed by atoms with E-state index in [1.807, 2.05) is 24.4 Å². The molecule has 0 aliphatic carbocycles. The monoisotopic (exact) mass is 176 g/mol. The van der Waals surface area contributed by atoms with Crippen LogP contribution in [0, 0.1) is 0 Å². The lowest BCUT2D eigenvalue weighted by atomic mass is 10.2. The van der Waals surface area contributed by atoms with Crippen molar-refractivity contribution in [2.75, 3.05) is 0 Å². The second-order valence-corrected chi connectivity index (χ2v) is 3.66. The fraction of sp³-hybridized carbons (Fsp3) is 0.429. The third-order valence-electron chi connectivity index (χ3n) is 1.37. The van der Waals surface area contributed by atoms with Gasteiger partial charge in [0.05, 0.1) is 4.88 Å². The fourth-order valence-corrected chi connectivity index (χ4v) is 1.65. The largest absolute Gasteiger partial charge is 0.370 e. The van der Waals surface area contributed by atoms with Crippen molar-refractivity contribution < 1.29 is 5.11 Å². The van der Waals surface area contributed by atoms with Crippen molar-refractivity contribution in [3.8, 4) is 0 Å². The third kappa shape index (κ3) is 1.51. The van der Waals surface area contributed by atoms with Crippen LogP contribution in [0.4, 0.5) is 0 Å². The molecular formula is C7H9ClOS. The van der Waals surface area contributed by atoms with Gasteiger partial charge in [-0.1, -0.05) is 24.6 Å². The Balaban J connectivity index is 2.85. The smallest absolute Gasteiger partial charge is 0.173 e. The van der Waals surface area contributed by atoms with Crippen LogP contribution in [0.2, 0.25) is 0 Å². The fourth-order valence-electron chi connectivity index (χ4n) is 0.671. The highest BCUT2D eigenvalue weighted by atomic mass is 35.5. The van der Waals surface area contributed by atoms with E-state index >= 15 is 0 Å². The second kappa shape index (κ2) is 2.91. The molecule has 0 bridgehead atoms. The van der Waals surface area contributed by atoms with E-state index in [1.54, 1.807) is 0 Å². The van der Waals surface area contributed by atoms with Crippen molar-refractivity contribution in [2.45, 2.75) is 18.4 Å². The van der Waals surface area contributed by atoms with Gasteiger partial charge in [-0.05, 0) is 17.9 Å². The van der Waals surface area contributed by atoms with Gasteiger partial charge >= 0.3 is 0 Å². The number of hydrogen-bond donors (Lipinski definition) is 1. The molecule has 1 rings (SSSR count). The maximum atomic E-state index is 9.46. The molecule has 3 heteroatoms. The molecule has 1 aromatic heterocycles. The maximum Gasteiger partial charge on any atom is 0.173 e. The van der Waals surface area contributed by atoms with Crippen LogP contribution in [0.1, 0.15) is 18.2 Å². The molecule has 1 N–H and O–H groups in total. The van der Waals surface area contributed by atoms with Crippen molar-refractivity contribution in [3.63, 3.8) is 0 Å². The van der Waals surface area contributed by atoms with E-state index in [-0.39, 0.29) is 0 Å². The predicted molar refractivity (Wildman–Crippen MR) is 44.4 cm³/mol. The van der Waals surface area contributed by atoms with Gasteiger partial charge in [-0.3, -0.25) is 0 Å². The number of alkyl halides is 1. The van der Waals surface area contributed by atoms with Crippen LogP contribution in [-0.4, -0.2) is 5.11 Å². The molecule has 0 spiro atoms. The molecule has 0 fully saturated rings. The number of halogens is 1. The Morgan fingerprint density at radius 2 is 2.50 bits per heavy atom. The molecule has 0 saturated heterocycles. The van der Waals surface area contributed by atoms with E-state index in [0.717, 1.165) is 4.88 Å². The Labute approximate surface area is 69.3 Å². The van der Waals surface area contributed by atoms with Gasteiger partial charge in [-0.2, -0.15) is 0 Å². The first-order valence-corrected chi connectivity index (χ1v) is 4.38. The third-order valence-corrected chi connectivity index (χ3v) is 2.97. The SMILES string of the molecule is CCC(O)(Cl)c1cccs1. The minimum atomic E-state index is -1.14. The van der Waals surface area contributed by atoms with Crippen LogP contribution in [-0.2, 0) is 5.06 Å². The number of rotatable bonds is 2. The summed E-state index contributed by atoms with van der Waals surface area (Å²) in [4.78, 5) is 0.816. The summed E-state index contributed by atoms with van der Waals surface area (Å²) in [7, 11) is 0. The van der Waals surface area contributed by atoms with Crippen molar-refractivity contribution >= 4 is 22.9 Å². The minimum absolute atomic E-state index is 0.537. The first-order valence-electron chi connectivity index (χ1n) is 3.12. The predicted octanol–water partition coefficient (Wildman–Crippen LogP) is 2.54. The van der Waals surface area contributed by atoms with Crippen LogP contribution in [0.25, 0.3) is 0 Å². The van der Waals surface area contributed by atoms with E-state index in [1.165, 1.54) is 11.3 Å². The summed E-state index contributed by atoms with van der Waals surface area (Å²) in [6.45, 7) is 1.85. The molecular weight excluding hydrogens is 168 g/mol. The lowest BCUT2D eigenvalue weighted by Crippen LogP contribution is -2.13. The number of thiophene rings is 1. The Bertz CT molecular complexity index is 193. The van der Waals surface area contributed by atoms with Crippen molar-refractivity contribution in [1.29, 1.82) is 0 Å². The first-order chi connectivity index (χ1) is 4.67. The van der Waals surface area contributed by atoms with E-state index < -0.39 is 5.06 Å². The van der Waals surface area contributed by atoms with E-state index in [0.29, 0.717) is 6.42 Å². The topological polar surface area (TPSA) is 20.2 Å². The van der Waals surface area contributed by atoms with E-state index in [9.17, 15) is 5.11 Å². The van der Waals surface area contributed by atoms with Gasteiger partial charge in [0.2, 0.25) is 0 Å². The zero-order valence-corrected chi connectivity index (χ0v) is 7.25. The summed E-state index contributed by atoms with van der Waals surface area (Å²) < 4.78 is 0. The molecule has 0 amide bonds. The lowest BCUT2D eigenvalue weighted by molar-refractivity contribution is 0.128. The van der Waals surface area contributed by atoms with Gasteiger partial charge in [0.15, 0.2) is 5.06 Å². The van der Waals surface area contributed by atoms with Gasteiger partial charge in [-0.15, -0.1) is 11.3 Å². The highest BCUT2D eigenvalue weighted by Crippen LogP contribution is 2.32. The molecule has 1 heterocycles. The molecule has 1 aromatic rings. The zero-order valence-electron chi connectivity index (χ0n) is 5.67. The summed E-state index contributed by atoms with van der Waals surface area (Å²) >= 11 is 7.23. The highest BCUT2D eigenvalue weighted by molar-refractivity contribution is 7.10. The molecule has 1 nitrogen and oxygen atoms in total. The summed E-state index contributed by atoms with van der Waals surface area (Å²) in [6.07, 6.45) is 0.537. The second-order valence-electron chi connectivity index (χ2n) is 2.09. The lowest BCUT2D eigenvalue weighted by Gasteiger charge is -2.15. The van der Waals surface area contributed by atoms with Crippen molar-refractivity contribution in [2.24, 2.45) is 0 Å². The summed E-state index contributed by atoms with van der Waals surface area (Å²) in [5, 5.41) is 10.2. The molecule has 1 unspecified atom stereocenters. The first kappa shape index (κ1) is 8.05. The Kier molecular flexibility index (Phi) is 2.34. The summed E-state index contributed by atoms with van der Waals surface area (Å²) in [5.74, 6) is 0. The standard InChI is InChI=1S/C7H9ClOS/c1-2-7(8,9)6-4-3-5-10-6/h3-5,9H,2H2,1H3. The van der Waals surface area contributed by atoms with Crippen LogP contribution in [0.15, 0.2) is 17.5 Å². The molecule has 56 valence electrons. The summed E-state index contributed by atoms with van der Waals surface area (Å²) in [5.41, 5.74) is 0. The van der Waals surface area contributed by atoms with Crippen molar-refractivity contribution in [3.05, 3.63) is 22.4 Å². The van der Waals surface area contributed by atoms with Gasteiger partial charge in [0, 0.05) is 0 Å². The van der Waals surface area contributed by atoms with Crippen LogP contribution in [0.3, 0.4) is 0 Å².